The van der Waals surface area contributed by atoms with Gasteiger partial charge in [0, 0.05) is 12.8 Å². The quantitative estimate of drug-likeness (QED) is 0.147. The summed E-state index contributed by atoms with van der Waals surface area (Å²) in [5.74, 6) is 0.0348. The van der Waals surface area contributed by atoms with Crippen molar-refractivity contribution >= 4 is 51.7 Å². The average molecular weight is 740 g/mol. The molecule has 0 spiro atoms. The maximum absolute atomic E-state index is 14.5. The van der Waals surface area contributed by atoms with Gasteiger partial charge in [0.1, 0.15) is 54.5 Å². The number of nitrogen functional groups attached to an aromatic ring is 2. The van der Waals surface area contributed by atoms with Crippen LogP contribution < -0.4 is 16.0 Å². The Hall–Kier alpha value is -3.40. The molecule has 0 radical (unpaired) electrons. The minimum absolute atomic E-state index is 0.0494. The molecule has 0 aliphatic carbocycles. The molecule has 2 aliphatic heterocycles. The molecule has 2 saturated heterocycles. The standard InChI is InChI=1S/C28H42N11O9PS/c1-6-50(41,42)37-49(40,44-10-20-17(45-16(4)5)7-21(47-20)38-13-35-23-25(29)31-11-33-27(23)38)48-18-8-22(46-19(18)9-43-15(2)3)39-14-36-24-26(30)32-12-34-28(24)39/h11-22H,6-10H2,1-5H3,(H,37,40)(H2,29,31,33)(H2,30,32,34)/t17-,18-,19?,20?,21?,22?,49?/m1/s1. The lowest BCUT2D eigenvalue weighted by atomic mass is 10.2. The molecule has 4 aromatic heterocycles. The predicted molar refractivity (Wildman–Crippen MR) is 179 cm³/mol. The van der Waals surface area contributed by atoms with Crippen molar-refractivity contribution in [3.8, 4) is 0 Å². The number of hydrogen-bond acceptors (Lipinski definition) is 17. The van der Waals surface area contributed by atoms with E-state index in [0.717, 1.165) is 0 Å². The topological polar surface area (TPSA) is 258 Å². The molecule has 2 aliphatic rings. The Morgan fingerprint density at radius 2 is 1.40 bits per heavy atom. The van der Waals surface area contributed by atoms with Gasteiger partial charge in [-0.1, -0.05) is 0 Å². The Morgan fingerprint density at radius 1 is 0.860 bits per heavy atom. The van der Waals surface area contributed by atoms with Crippen molar-refractivity contribution in [1.29, 1.82) is 0 Å². The first-order valence-electron chi connectivity index (χ1n) is 16.1. The lowest BCUT2D eigenvalue weighted by Crippen LogP contribution is -2.35. The number of rotatable bonds is 15. The SMILES string of the molecule is CCS(=O)(=O)NP(=O)(OCC1OC(n2cnc3c(N)ncnc32)C[C@H]1OC(C)C)O[C@@H]1CC(n2cnc3c(N)ncnc32)OC1COC(C)C. The molecular weight excluding hydrogens is 697 g/mol. The fourth-order valence-corrected chi connectivity index (χ4v) is 9.00. The van der Waals surface area contributed by atoms with Crippen molar-refractivity contribution in [3.05, 3.63) is 25.3 Å². The minimum atomic E-state index is -4.63. The van der Waals surface area contributed by atoms with Gasteiger partial charge in [-0.25, -0.2) is 42.9 Å². The lowest BCUT2D eigenvalue weighted by Gasteiger charge is -2.27. The molecule has 7 atom stereocenters. The van der Waals surface area contributed by atoms with E-state index in [9.17, 15) is 13.0 Å². The van der Waals surface area contributed by atoms with Crippen LogP contribution in [0.2, 0.25) is 0 Å². The van der Waals surface area contributed by atoms with Crippen molar-refractivity contribution in [2.24, 2.45) is 0 Å². The van der Waals surface area contributed by atoms with E-state index in [1.165, 1.54) is 25.9 Å². The minimum Gasteiger partial charge on any atom is -0.382 e. The molecule has 20 nitrogen and oxygen atoms in total. The smallest absolute Gasteiger partial charge is 0.382 e. The third-order valence-corrected chi connectivity index (χ3v) is 11.9. The molecule has 0 aromatic carbocycles. The van der Waals surface area contributed by atoms with Gasteiger partial charge in [0.25, 0.3) is 0 Å². The second-order valence-electron chi connectivity index (χ2n) is 12.4. The van der Waals surface area contributed by atoms with E-state index >= 15 is 0 Å². The molecule has 5 unspecified atom stereocenters. The van der Waals surface area contributed by atoms with Crippen LogP contribution in [-0.4, -0.2) is 103 Å². The second-order valence-corrected chi connectivity index (χ2v) is 16.4. The number of hydrogen-bond donors (Lipinski definition) is 3. The van der Waals surface area contributed by atoms with Crippen LogP contribution >= 0.6 is 7.75 Å². The summed E-state index contributed by atoms with van der Waals surface area (Å²) < 4.78 is 82.3. The van der Waals surface area contributed by atoms with Gasteiger partial charge >= 0.3 is 7.75 Å². The number of nitrogens with one attached hydrogen (secondary N) is 1. The third-order valence-electron chi connectivity index (χ3n) is 8.11. The van der Waals surface area contributed by atoms with Gasteiger partial charge in [-0.3, -0.25) is 18.2 Å². The Labute approximate surface area is 288 Å². The van der Waals surface area contributed by atoms with Crippen LogP contribution in [0.4, 0.5) is 11.6 Å². The predicted octanol–water partition coefficient (Wildman–Crippen LogP) is 2.07. The molecule has 5 N–H and O–H groups in total. The van der Waals surface area contributed by atoms with Crippen LogP contribution in [-0.2, 0) is 42.6 Å². The van der Waals surface area contributed by atoms with Gasteiger partial charge in [0.05, 0.1) is 49.9 Å². The molecule has 274 valence electrons. The van der Waals surface area contributed by atoms with Crippen LogP contribution in [0.1, 0.15) is 59.9 Å². The highest BCUT2D eigenvalue weighted by molar-refractivity contribution is 7.94. The molecule has 0 amide bonds. The number of nitrogens with zero attached hydrogens (tertiary/aromatic N) is 8. The highest BCUT2D eigenvalue weighted by atomic mass is 32.2. The highest BCUT2D eigenvalue weighted by Crippen LogP contribution is 2.50. The summed E-state index contributed by atoms with van der Waals surface area (Å²) in [5.41, 5.74) is 13.6. The molecule has 50 heavy (non-hydrogen) atoms. The molecule has 2 fully saturated rings. The highest BCUT2D eigenvalue weighted by Gasteiger charge is 2.46. The van der Waals surface area contributed by atoms with Gasteiger partial charge in [-0.2, -0.15) is 0 Å². The largest absolute Gasteiger partial charge is 0.419 e. The number of nitrogens with two attached hydrogens (primary N) is 2. The molecule has 4 aromatic rings. The van der Waals surface area contributed by atoms with Crippen LogP contribution in [0, 0.1) is 0 Å². The molecule has 6 heterocycles. The van der Waals surface area contributed by atoms with Crippen LogP contribution in [0.25, 0.3) is 22.3 Å². The van der Waals surface area contributed by atoms with Crippen molar-refractivity contribution in [3.63, 3.8) is 0 Å². The van der Waals surface area contributed by atoms with Gasteiger partial charge in [-0.05, 0) is 34.6 Å². The Bertz CT molecular complexity index is 1960. The van der Waals surface area contributed by atoms with E-state index in [2.05, 4.69) is 34.4 Å². The first-order chi connectivity index (χ1) is 23.8. The number of sulfonamides is 1. The molecule has 6 rings (SSSR count). The Morgan fingerprint density at radius 3 is 1.92 bits per heavy atom. The van der Waals surface area contributed by atoms with E-state index < -0.39 is 54.6 Å². The van der Waals surface area contributed by atoms with Gasteiger partial charge in [0.15, 0.2) is 22.9 Å². The summed E-state index contributed by atoms with van der Waals surface area (Å²) in [6.07, 6.45) is 1.41. The normalized spacial score (nSPS) is 25.7. The van der Waals surface area contributed by atoms with Crippen LogP contribution in [0.15, 0.2) is 25.3 Å². The molecular formula is C28H42N11O9PS. The second kappa shape index (κ2) is 14.7. The van der Waals surface area contributed by atoms with Crippen LogP contribution in [0.3, 0.4) is 0 Å². The summed E-state index contributed by atoms with van der Waals surface area (Å²) in [7, 11) is -8.72. The maximum atomic E-state index is 14.5. The van der Waals surface area contributed by atoms with Gasteiger partial charge in [-0.15, -0.1) is 4.49 Å². The first kappa shape index (κ1) is 36.4. The van der Waals surface area contributed by atoms with E-state index in [1.54, 1.807) is 15.5 Å². The maximum Gasteiger partial charge on any atom is 0.419 e. The van der Waals surface area contributed by atoms with E-state index in [4.69, 9.17) is 39.5 Å². The molecule has 22 heteroatoms. The van der Waals surface area contributed by atoms with Crippen molar-refractivity contribution < 1.29 is 41.0 Å². The van der Waals surface area contributed by atoms with Crippen molar-refractivity contribution in [2.45, 2.75) is 96.5 Å². The number of fused-ring (bicyclic) bond motifs is 2. The summed E-state index contributed by atoms with van der Waals surface area (Å²) in [5, 5.41) is 0. The van der Waals surface area contributed by atoms with Gasteiger partial charge in [0.2, 0.25) is 10.0 Å². The lowest BCUT2D eigenvalue weighted by molar-refractivity contribution is -0.0786. The summed E-state index contributed by atoms with van der Waals surface area (Å²) in [4.78, 5) is 25.2. The number of ether oxygens (including phenoxy) is 4. The first-order valence-corrected chi connectivity index (χ1v) is 19.3. The zero-order valence-corrected chi connectivity index (χ0v) is 29.9. The fourth-order valence-electron chi connectivity index (χ4n) is 5.76. The molecule has 0 saturated carbocycles. The Balaban J connectivity index is 1.24. The van der Waals surface area contributed by atoms with E-state index in [1.807, 2.05) is 27.7 Å². The van der Waals surface area contributed by atoms with Gasteiger partial charge < -0.3 is 30.4 Å². The average Bonchev–Trinajstić information content (AvgIpc) is 3.84. The van der Waals surface area contributed by atoms with Crippen molar-refractivity contribution in [2.75, 3.05) is 30.4 Å². The molecule has 0 bridgehead atoms. The van der Waals surface area contributed by atoms with Crippen molar-refractivity contribution in [1.82, 2.24) is 43.5 Å². The van der Waals surface area contributed by atoms with E-state index in [-0.39, 0.29) is 49.2 Å². The summed E-state index contributed by atoms with van der Waals surface area (Å²) in [6.45, 7) is 8.55. The number of imidazole rings is 2. The van der Waals surface area contributed by atoms with E-state index in [0.29, 0.717) is 28.7 Å². The summed E-state index contributed by atoms with van der Waals surface area (Å²) in [6, 6.07) is 0. The summed E-state index contributed by atoms with van der Waals surface area (Å²) >= 11 is 0. The number of anilines is 2. The van der Waals surface area contributed by atoms with Crippen LogP contribution in [0.5, 0.6) is 0 Å². The fraction of sp³-hybridized carbons (Fsp3) is 0.643. The number of aromatic nitrogens is 8. The zero-order valence-electron chi connectivity index (χ0n) is 28.2. The monoisotopic (exact) mass is 739 g/mol. The third kappa shape index (κ3) is 7.90. The zero-order chi connectivity index (χ0) is 35.8. The Kier molecular flexibility index (Phi) is 10.7.